The van der Waals surface area contributed by atoms with E-state index in [0.717, 1.165) is 48.4 Å². The van der Waals surface area contributed by atoms with Crippen molar-refractivity contribution in [3.05, 3.63) is 59.3 Å². The summed E-state index contributed by atoms with van der Waals surface area (Å²) in [6, 6.07) is 11.3. The van der Waals surface area contributed by atoms with E-state index in [9.17, 15) is 4.79 Å². The summed E-state index contributed by atoms with van der Waals surface area (Å²) in [5, 5.41) is 12.4. The van der Waals surface area contributed by atoms with Crippen LogP contribution in [0.1, 0.15) is 40.7 Å². The Balaban J connectivity index is 1.58. The molecule has 0 spiro atoms. The Bertz CT molecular complexity index is 679. The van der Waals surface area contributed by atoms with Crippen LogP contribution in [-0.2, 0) is 13.2 Å². The van der Waals surface area contributed by atoms with E-state index in [2.05, 4.69) is 10.3 Å². The van der Waals surface area contributed by atoms with Crippen LogP contribution >= 0.6 is 0 Å². The number of piperidine rings is 1. The summed E-state index contributed by atoms with van der Waals surface area (Å²) in [6.07, 6.45) is 5.11. The topological polar surface area (TPSA) is 65.5 Å². The molecule has 0 aliphatic carbocycles. The number of carbonyl (C=O) groups is 1. The van der Waals surface area contributed by atoms with E-state index >= 15 is 0 Å². The van der Waals surface area contributed by atoms with E-state index in [1.54, 1.807) is 12.3 Å². The Labute approximate surface area is 142 Å². The van der Waals surface area contributed by atoms with Gasteiger partial charge in [-0.25, -0.2) is 4.98 Å². The van der Waals surface area contributed by atoms with Gasteiger partial charge in [-0.1, -0.05) is 12.1 Å². The van der Waals surface area contributed by atoms with Crippen LogP contribution in [0.4, 0.5) is 5.82 Å². The molecule has 0 bridgehead atoms. The van der Waals surface area contributed by atoms with Crippen molar-refractivity contribution in [2.75, 3.05) is 18.4 Å². The molecule has 1 aliphatic heterocycles. The number of aromatic nitrogens is 1. The monoisotopic (exact) mass is 325 g/mol. The molecule has 2 heterocycles. The van der Waals surface area contributed by atoms with E-state index in [1.807, 2.05) is 35.2 Å². The predicted molar refractivity (Wildman–Crippen MR) is 93.7 cm³/mol. The SMILES string of the molecule is O=C(c1ccc(CNc2cc(CO)ccn2)cc1)N1CCCCC1. The molecule has 126 valence electrons. The number of hydrogen-bond donors (Lipinski definition) is 2. The highest BCUT2D eigenvalue weighted by molar-refractivity contribution is 5.94. The van der Waals surface area contributed by atoms with Crippen molar-refractivity contribution >= 4 is 11.7 Å². The van der Waals surface area contributed by atoms with Gasteiger partial charge < -0.3 is 15.3 Å². The molecule has 0 saturated carbocycles. The average molecular weight is 325 g/mol. The summed E-state index contributed by atoms with van der Waals surface area (Å²) in [7, 11) is 0. The zero-order valence-corrected chi connectivity index (χ0v) is 13.7. The Hall–Kier alpha value is -2.40. The number of carbonyl (C=O) groups excluding carboxylic acids is 1. The van der Waals surface area contributed by atoms with E-state index in [1.165, 1.54) is 6.42 Å². The van der Waals surface area contributed by atoms with Crippen molar-refractivity contribution in [2.45, 2.75) is 32.4 Å². The van der Waals surface area contributed by atoms with Crippen LogP contribution in [-0.4, -0.2) is 34.0 Å². The molecule has 1 aromatic heterocycles. The Morgan fingerprint density at radius 3 is 2.54 bits per heavy atom. The first-order chi connectivity index (χ1) is 11.8. The number of hydrogen-bond acceptors (Lipinski definition) is 4. The molecule has 5 heteroatoms. The van der Waals surface area contributed by atoms with Gasteiger partial charge in [-0.2, -0.15) is 0 Å². The minimum atomic E-state index is 0.00447. The van der Waals surface area contributed by atoms with E-state index in [4.69, 9.17) is 5.11 Å². The van der Waals surface area contributed by atoms with Crippen LogP contribution < -0.4 is 5.32 Å². The number of benzene rings is 1. The number of anilines is 1. The van der Waals surface area contributed by atoms with E-state index in [0.29, 0.717) is 6.54 Å². The summed E-state index contributed by atoms with van der Waals surface area (Å²) < 4.78 is 0. The van der Waals surface area contributed by atoms with Crippen LogP contribution in [0.3, 0.4) is 0 Å². The molecular formula is C19H23N3O2. The summed E-state index contributed by atoms with van der Waals surface area (Å²) in [4.78, 5) is 18.6. The van der Waals surface area contributed by atoms with Gasteiger partial charge in [0.1, 0.15) is 5.82 Å². The second kappa shape index (κ2) is 7.93. The van der Waals surface area contributed by atoms with Crippen molar-refractivity contribution in [1.29, 1.82) is 0 Å². The first kappa shape index (κ1) is 16.5. The molecule has 2 N–H and O–H groups in total. The van der Waals surface area contributed by atoms with Gasteiger partial charge in [-0.3, -0.25) is 4.79 Å². The standard InChI is InChI=1S/C19H23N3O2/c23-14-16-8-9-20-18(12-16)21-13-15-4-6-17(7-5-15)19(24)22-10-2-1-3-11-22/h4-9,12,23H,1-3,10-11,13-14H2,(H,20,21). The van der Waals surface area contributed by atoms with E-state index < -0.39 is 0 Å². The Kier molecular flexibility index (Phi) is 5.43. The maximum Gasteiger partial charge on any atom is 0.253 e. The molecule has 2 aromatic rings. The van der Waals surface area contributed by atoms with Crippen LogP contribution in [0.15, 0.2) is 42.6 Å². The number of nitrogens with zero attached hydrogens (tertiary/aromatic N) is 2. The maximum atomic E-state index is 12.4. The number of amides is 1. The van der Waals surface area contributed by atoms with Crippen molar-refractivity contribution < 1.29 is 9.90 Å². The van der Waals surface area contributed by atoms with Gasteiger partial charge in [-0.15, -0.1) is 0 Å². The molecule has 0 unspecified atom stereocenters. The minimum Gasteiger partial charge on any atom is -0.392 e. The van der Waals surface area contributed by atoms with Gasteiger partial charge in [0.05, 0.1) is 6.61 Å². The van der Waals surface area contributed by atoms with Gasteiger partial charge in [0.25, 0.3) is 5.91 Å². The third-order valence-corrected chi connectivity index (χ3v) is 4.32. The summed E-state index contributed by atoms with van der Waals surface area (Å²) in [6.45, 7) is 2.37. The summed E-state index contributed by atoms with van der Waals surface area (Å²) in [5.41, 5.74) is 2.66. The highest BCUT2D eigenvalue weighted by atomic mass is 16.3. The number of rotatable bonds is 5. The highest BCUT2D eigenvalue weighted by Gasteiger charge is 2.17. The number of likely N-dealkylation sites (tertiary alicyclic amines) is 1. The maximum absolute atomic E-state index is 12.4. The number of aliphatic hydroxyl groups excluding tert-OH is 1. The van der Waals surface area contributed by atoms with Gasteiger partial charge in [-0.05, 0) is 54.7 Å². The molecule has 1 saturated heterocycles. The molecule has 24 heavy (non-hydrogen) atoms. The smallest absolute Gasteiger partial charge is 0.253 e. The van der Waals surface area contributed by atoms with Crippen molar-refractivity contribution in [3.63, 3.8) is 0 Å². The quantitative estimate of drug-likeness (QED) is 0.887. The summed E-state index contributed by atoms with van der Waals surface area (Å²) >= 11 is 0. The lowest BCUT2D eigenvalue weighted by molar-refractivity contribution is 0.0724. The summed E-state index contributed by atoms with van der Waals surface area (Å²) in [5.74, 6) is 0.863. The molecule has 1 aromatic carbocycles. The van der Waals surface area contributed by atoms with Crippen molar-refractivity contribution in [2.24, 2.45) is 0 Å². The zero-order chi connectivity index (χ0) is 16.8. The van der Waals surface area contributed by atoms with Gasteiger partial charge in [0.2, 0.25) is 0 Å². The number of aliphatic hydroxyl groups is 1. The molecular weight excluding hydrogens is 302 g/mol. The van der Waals surface area contributed by atoms with E-state index in [-0.39, 0.29) is 12.5 Å². The van der Waals surface area contributed by atoms with Gasteiger partial charge in [0.15, 0.2) is 0 Å². The van der Waals surface area contributed by atoms with Crippen molar-refractivity contribution in [3.8, 4) is 0 Å². The fraction of sp³-hybridized carbons (Fsp3) is 0.368. The Morgan fingerprint density at radius 1 is 1.08 bits per heavy atom. The second-order valence-corrected chi connectivity index (χ2v) is 6.11. The van der Waals surface area contributed by atoms with Crippen LogP contribution in [0, 0.1) is 0 Å². The molecule has 3 rings (SSSR count). The lowest BCUT2D eigenvalue weighted by Crippen LogP contribution is -2.35. The van der Waals surface area contributed by atoms with Crippen LogP contribution in [0.5, 0.6) is 0 Å². The molecule has 0 radical (unpaired) electrons. The minimum absolute atomic E-state index is 0.00447. The zero-order valence-electron chi connectivity index (χ0n) is 13.7. The van der Waals surface area contributed by atoms with Crippen LogP contribution in [0.25, 0.3) is 0 Å². The third-order valence-electron chi connectivity index (χ3n) is 4.32. The normalized spacial score (nSPS) is 14.5. The van der Waals surface area contributed by atoms with Gasteiger partial charge >= 0.3 is 0 Å². The first-order valence-electron chi connectivity index (χ1n) is 8.44. The molecule has 0 atom stereocenters. The molecule has 1 amide bonds. The fourth-order valence-corrected chi connectivity index (χ4v) is 2.91. The average Bonchev–Trinajstić information content (AvgIpc) is 2.67. The lowest BCUT2D eigenvalue weighted by Gasteiger charge is -2.26. The molecule has 1 fully saturated rings. The second-order valence-electron chi connectivity index (χ2n) is 6.11. The first-order valence-corrected chi connectivity index (χ1v) is 8.44. The fourth-order valence-electron chi connectivity index (χ4n) is 2.91. The Morgan fingerprint density at radius 2 is 1.83 bits per heavy atom. The molecule has 1 aliphatic rings. The lowest BCUT2D eigenvalue weighted by atomic mass is 10.1. The number of pyridine rings is 1. The third kappa shape index (κ3) is 4.11. The number of nitrogens with one attached hydrogen (secondary N) is 1. The van der Waals surface area contributed by atoms with Crippen molar-refractivity contribution in [1.82, 2.24) is 9.88 Å². The van der Waals surface area contributed by atoms with Gasteiger partial charge in [0, 0.05) is 31.4 Å². The largest absolute Gasteiger partial charge is 0.392 e. The predicted octanol–water partition coefficient (Wildman–Crippen LogP) is 2.81. The molecule has 5 nitrogen and oxygen atoms in total. The highest BCUT2D eigenvalue weighted by Crippen LogP contribution is 2.15. The van der Waals surface area contributed by atoms with Crippen LogP contribution in [0.2, 0.25) is 0 Å².